The Kier molecular flexibility index (Phi) is 5.58. The predicted octanol–water partition coefficient (Wildman–Crippen LogP) is 3.89. The molecule has 2 atom stereocenters. The maximum atomic E-state index is 12.1. The lowest BCUT2D eigenvalue weighted by Gasteiger charge is -2.30. The van der Waals surface area contributed by atoms with E-state index in [4.69, 9.17) is 16.3 Å². The van der Waals surface area contributed by atoms with Crippen molar-refractivity contribution in [2.45, 2.75) is 54.8 Å². The van der Waals surface area contributed by atoms with Crippen molar-refractivity contribution in [2.75, 3.05) is 7.11 Å². The van der Waals surface area contributed by atoms with Crippen molar-refractivity contribution in [3.63, 3.8) is 0 Å². The fourth-order valence-corrected chi connectivity index (χ4v) is 3.94. The molecule has 0 radical (unpaired) electrons. The van der Waals surface area contributed by atoms with Crippen LogP contribution in [0.25, 0.3) is 0 Å². The van der Waals surface area contributed by atoms with Crippen LogP contribution in [0.1, 0.15) is 33.1 Å². The van der Waals surface area contributed by atoms with E-state index in [1.165, 1.54) is 7.11 Å². The first kappa shape index (κ1) is 16.7. The van der Waals surface area contributed by atoms with Gasteiger partial charge in [-0.3, -0.25) is 10.1 Å². The fourth-order valence-electron chi connectivity index (χ4n) is 2.48. The third-order valence-electron chi connectivity index (χ3n) is 3.60. The number of carbonyl (C=O) groups is 1. The number of halogens is 1. The molecule has 0 spiro atoms. The molecule has 0 amide bonds. The van der Waals surface area contributed by atoms with Gasteiger partial charge in [-0.1, -0.05) is 30.7 Å². The summed E-state index contributed by atoms with van der Waals surface area (Å²) in [4.78, 5) is 13.2. The Morgan fingerprint density at radius 2 is 2.19 bits per heavy atom. The maximum absolute atomic E-state index is 12.1. The monoisotopic (exact) mass is 327 g/mol. The van der Waals surface area contributed by atoms with Crippen LogP contribution in [0.2, 0.25) is 5.02 Å². The first-order chi connectivity index (χ1) is 9.94. The molecule has 2 unspecified atom stereocenters. The Balaban J connectivity index is 2.02. The lowest BCUT2D eigenvalue weighted by molar-refractivity contribution is -0.148. The van der Waals surface area contributed by atoms with Gasteiger partial charge in [-0.15, -0.1) is 11.8 Å². The van der Waals surface area contributed by atoms with Crippen LogP contribution in [0.15, 0.2) is 29.2 Å². The Morgan fingerprint density at radius 1 is 1.52 bits per heavy atom. The number of benzene rings is 1. The van der Waals surface area contributed by atoms with Gasteiger partial charge >= 0.3 is 5.97 Å². The van der Waals surface area contributed by atoms with Gasteiger partial charge < -0.3 is 4.74 Å². The molecule has 0 heterocycles. The van der Waals surface area contributed by atoms with Crippen molar-refractivity contribution >= 4 is 29.3 Å². The molecule has 0 aromatic heterocycles. The summed E-state index contributed by atoms with van der Waals surface area (Å²) in [7, 11) is 1.45. The van der Waals surface area contributed by atoms with Crippen LogP contribution in [0, 0.1) is 0 Å². The van der Waals surface area contributed by atoms with Gasteiger partial charge in [-0.25, -0.2) is 0 Å². The smallest absolute Gasteiger partial charge is 0.325 e. The van der Waals surface area contributed by atoms with E-state index < -0.39 is 5.54 Å². The minimum Gasteiger partial charge on any atom is -0.468 e. The van der Waals surface area contributed by atoms with E-state index in [1.807, 2.05) is 31.2 Å². The second-order valence-corrected chi connectivity index (χ2v) is 7.69. The van der Waals surface area contributed by atoms with Crippen molar-refractivity contribution in [3.05, 3.63) is 29.3 Å². The van der Waals surface area contributed by atoms with Crippen molar-refractivity contribution < 1.29 is 9.53 Å². The van der Waals surface area contributed by atoms with Crippen LogP contribution in [-0.2, 0) is 9.53 Å². The highest BCUT2D eigenvalue weighted by atomic mass is 35.5. The van der Waals surface area contributed by atoms with Gasteiger partial charge in [0, 0.05) is 16.2 Å². The highest BCUT2D eigenvalue weighted by Crippen LogP contribution is 2.34. The summed E-state index contributed by atoms with van der Waals surface area (Å²) in [5.74, 6) is -0.194. The summed E-state index contributed by atoms with van der Waals surface area (Å²) in [5, 5.41) is 4.43. The molecule has 5 heteroatoms. The van der Waals surface area contributed by atoms with E-state index in [-0.39, 0.29) is 11.2 Å². The molecule has 1 aromatic rings. The molecular formula is C16H22ClNO2S. The van der Waals surface area contributed by atoms with Crippen LogP contribution in [0.3, 0.4) is 0 Å². The number of ether oxygens (including phenoxy) is 1. The second kappa shape index (κ2) is 7.03. The van der Waals surface area contributed by atoms with Crippen LogP contribution >= 0.6 is 23.4 Å². The normalized spacial score (nSPS) is 18.9. The minimum absolute atomic E-state index is 0.194. The SMILES string of the molecule is COC(=O)C(C)(CC(C)Sc1ccccc1Cl)NC1CC1. The number of hydrogen-bond acceptors (Lipinski definition) is 4. The quantitative estimate of drug-likeness (QED) is 0.609. The standard InChI is InChI=1S/C16H22ClNO2S/c1-11(21-14-7-5-4-6-13(14)17)10-16(2,15(19)20-3)18-12-8-9-12/h4-7,11-12,18H,8-10H2,1-3H3. The highest BCUT2D eigenvalue weighted by Gasteiger charge is 2.40. The van der Waals surface area contributed by atoms with Gasteiger partial charge in [-0.05, 0) is 38.3 Å². The number of esters is 1. The topological polar surface area (TPSA) is 38.3 Å². The molecule has 1 N–H and O–H groups in total. The largest absolute Gasteiger partial charge is 0.468 e. The van der Waals surface area contributed by atoms with Gasteiger partial charge in [0.25, 0.3) is 0 Å². The number of hydrogen-bond donors (Lipinski definition) is 1. The van der Waals surface area contributed by atoms with Gasteiger partial charge in [-0.2, -0.15) is 0 Å². The lowest BCUT2D eigenvalue weighted by Crippen LogP contribution is -2.52. The molecule has 116 valence electrons. The number of thioether (sulfide) groups is 1. The first-order valence-corrected chi connectivity index (χ1v) is 8.47. The average molecular weight is 328 g/mol. The van der Waals surface area contributed by atoms with E-state index in [9.17, 15) is 4.79 Å². The summed E-state index contributed by atoms with van der Waals surface area (Å²) in [5.41, 5.74) is -0.635. The Bertz CT molecular complexity index is 507. The number of rotatable bonds is 7. The van der Waals surface area contributed by atoms with Crippen molar-refractivity contribution in [3.8, 4) is 0 Å². The molecule has 1 aliphatic carbocycles. The van der Waals surface area contributed by atoms with Crippen molar-refractivity contribution in [2.24, 2.45) is 0 Å². The molecule has 2 rings (SSSR count). The molecule has 1 aromatic carbocycles. The Hall–Kier alpha value is -0.710. The fraction of sp³-hybridized carbons (Fsp3) is 0.562. The minimum atomic E-state index is -0.635. The summed E-state index contributed by atoms with van der Waals surface area (Å²) >= 11 is 7.89. The lowest BCUT2D eigenvalue weighted by atomic mass is 9.96. The first-order valence-electron chi connectivity index (χ1n) is 7.22. The molecule has 0 bridgehead atoms. The van der Waals surface area contributed by atoms with Gasteiger partial charge in [0.05, 0.1) is 12.1 Å². The molecular weight excluding hydrogens is 306 g/mol. The second-order valence-electron chi connectivity index (χ2n) is 5.81. The zero-order valence-corrected chi connectivity index (χ0v) is 14.3. The molecule has 21 heavy (non-hydrogen) atoms. The summed E-state index contributed by atoms with van der Waals surface area (Å²) < 4.78 is 4.98. The summed E-state index contributed by atoms with van der Waals surface area (Å²) in [6.07, 6.45) is 2.98. The number of carbonyl (C=O) groups excluding carboxylic acids is 1. The molecule has 1 saturated carbocycles. The van der Waals surface area contributed by atoms with E-state index >= 15 is 0 Å². The zero-order valence-electron chi connectivity index (χ0n) is 12.7. The van der Waals surface area contributed by atoms with E-state index in [0.717, 1.165) is 22.8 Å². The molecule has 3 nitrogen and oxygen atoms in total. The van der Waals surface area contributed by atoms with Gasteiger partial charge in [0.1, 0.15) is 5.54 Å². The average Bonchev–Trinajstić information content (AvgIpc) is 3.24. The maximum Gasteiger partial charge on any atom is 0.325 e. The van der Waals surface area contributed by atoms with E-state index in [1.54, 1.807) is 11.8 Å². The van der Waals surface area contributed by atoms with E-state index in [2.05, 4.69) is 12.2 Å². The van der Waals surface area contributed by atoms with Crippen LogP contribution < -0.4 is 5.32 Å². The number of methoxy groups -OCH3 is 1. The van der Waals surface area contributed by atoms with Gasteiger partial charge in [0.15, 0.2) is 0 Å². The molecule has 1 aliphatic rings. The van der Waals surface area contributed by atoms with Crippen molar-refractivity contribution in [1.29, 1.82) is 0 Å². The Labute approximate surface area is 135 Å². The van der Waals surface area contributed by atoms with E-state index in [0.29, 0.717) is 12.5 Å². The summed E-state index contributed by atoms with van der Waals surface area (Å²) in [6.45, 7) is 4.05. The van der Waals surface area contributed by atoms with Crippen LogP contribution in [0.4, 0.5) is 0 Å². The van der Waals surface area contributed by atoms with Crippen molar-refractivity contribution in [1.82, 2.24) is 5.32 Å². The highest BCUT2D eigenvalue weighted by molar-refractivity contribution is 8.00. The predicted molar refractivity (Wildman–Crippen MR) is 88.0 cm³/mol. The third kappa shape index (κ3) is 4.63. The van der Waals surface area contributed by atoms with Gasteiger partial charge in [0.2, 0.25) is 0 Å². The number of nitrogens with one attached hydrogen (secondary N) is 1. The molecule has 0 saturated heterocycles. The molecule has 0 aliphatic heterocycles. The molecule has 1 fully saturated rings. The zero-order chi connectivity index (χ0) is 15.5. The van der Waals surface area contributed by atoms with Crippen LogP contribution in [-0.4, -0.2) is 29.9 Å². The summed E-state index contributed by atoms with van der Waals surface area (Å²) in [6, 6.07) is 8.24. The third-order valence-corrected chi connectivity index (χ3v) is 5.22. The van der Waals surface area contributed by atoms with Crippen LogP contribution in [0.5, 0.6) is 0 Å². The Morgan fingerprint density at radius 3 is 2.76 bits per heavy atom.